The molecule has 0 bridgehead atoms. The van der Waals surface area contributed by atoms with Crippen LogP contribution in [0.4, 0.5) is 0 Å². The Morgan fingerprint density at radius 2 is 1.22 bits per heavy atom. The molecule has 0 aliphatic heterocycles. The number of aromatic nitrogens is 6. The largest absolute Gasteiger partial charge is 0.302 e. The van der Waals surface area contributed by atoms with Crippen LogP contribution in [0, 0.1) is 27.7 Å². The third-order valence-corrected chi connectivity index (χ3v) is 6.19. The number of alkyl halides is 1. The monoisotopic (exact) mass is 566 g/mol. The molecule has 4 aromatic heterocycles. The van der Waals surface area contributed by atoms with Crippen molar-refractivity contribution in [2.24, 2.45) is 14.1 Å². The summed E-state index contributed by atoms with van der Waals surface area (Å²) in [5.74, 6) is 2.00. The Hall–Kier alpha value is -3.06. The number of halogens is 1. The van der Waals surface area contributed by atoms with E-state index in [4.69, 9.17) is 0 Å². The standard InChI is InChI=1S/C15H21N3.C10H13N3.C5H9Br/c1-11(2)6-9-14-10-15(16-17(14)5)18-12(3)7-8-13(18)4;1-8-4-5-9(2)13(8)10-6-7-12(3)11-10;1-5(2)3-4-6/h6-8,10H,9H2,1-5H3;4-7H,1-3H3;3H,4H2,1-2H3. The lowest BCUT2D eigenvalue weighted by atomic mass is 10.2. The van der Waals surface area contributed by atoms with E-state index in [1.54, 1.807) is 0 Å². The third-order valence-electron chi connectivity index (χ3n) is 5.87. The molecule has 0 saturated carbocycles. The first-order valence-corrected chi connectivity index (χ1v) is 13.7. The number of aryl methyl sites for hydroxylation is 6. The molecule has 4 rings (SSSR count). The first-order valence-electron chi connectivity index (χ1n) is 12.6. The first-order chi connectivity index (χ1) is 17.4. The molecular formula is C30H43BrN6. The molecule has 0 N–H and O–H groups in total. The normalized spacial score (nSPS) is 10.2. The molecular weight excluding hydrogens is 524 g/mol. The molecule has 0 aromatic carbocycles. The fraction of sp³-hybridized carbons (Fsp3) is 0.400. The number of rotatable bonds is 5. The zero-order chi connectivity index (χ0) is 27.7. The minimum atomic E-state index is 0.936. The molecule has 6 nitrogen and oxygen atoms in total. The predicted molar refractivity (Wildman–Crippen MR) is 160 cm³/mol. The van der Waals surface area contributed by atoms with Gasteiger partial charge < -0.3 is 9.13 Å². The number of hydrogen-bond donors (Lipinski definition) is 0. The van der Waals surface area contributed by atoms with Crippen LogP contribution >= 0.6 is 15.9 Å². The fourth-order valence-corrected chi connectivity index (χ4v) is 4.48. The Balaban J connectivity index is 0.000000221. The van der Waals surface area contributed by atoms with Gasteiger partial charge in [-0.3, -0.25) is 9.36 Å². The zero-order valence-electron chi connectivity index (χ0n) is 24.2. The third kappa shape index (κ3) is 8.78. The van der Waals surface area contributed by atoms with Gasteiger partial charge in [0.25, 0.3) is 0 Å². The van der Waals surface area contributed by atoms with Crippen LogP contribution in [-0.4, -0.2) is 34.0 Å². The number of hydrogen-bond acceptors (Lipinski definition) is 2. The molecule has 0 aliphatic rings. The van der Waals surface area contributed by atoms with Crippen molar-refractivity contribution in [1.82, 2.24) is 28.7 Å². The molecule has 0 radical (unpaired) electrons. The summed E-state index contributed by atoms with van der Waals surface area (Å²) >= 11 is 3.27. The van der Waals surface area contributed by atoms with Crippen molar-refractivity contribution in [2.75, 3.05) is 5.33 Å². The van der Waals surface area contributed by atoms with E-state index in [2.05, 4.69) is 133 Å². The zero-order valence-corrected chi connectivity index (χ0v) is 25.8. The summed E-state index contributed by atoms with van der Waals surface area (Å²) in [5.41, 5.74) is 8.82. The molecule has 0 saturated heterocycles. The van der Waals surface area contributed by atoms with Crippen molar-refractivity contribution in [2.45, 2.75) is 61.8 Å². The highest BCUT2D eigenvalue weighted by molar-refractivity contribution is 9.09. The van der Waals surface area contributed by atoms with Crippen LogP contribution in [0.3, 0.4) is 0 Å². The van der Waals surface area contributed by atoms with E-state index in [1.165, 1.54) is 39.6 Å². The van der Waals surface area contributed by atoms with E-state index >= 15 is 0 Å². The van der Waals surface area contributed by atoms with Crippen LogP contribution in [-0.2, 0) is 20.5 Å². The molecule has 0 fully saturated rings. The maximum absolute atomic E-state index is 4.60. The fourth-order valence-electron chi connectivity index (χ4n) is 3.83. The van der Waals surface area contributed by atoms with Gasteiger partial charge in [0.05, 0.1) is 0 Å². The summed E-state index contributed by atoms with van der Waals surface area (Å²) in [6.07, 6.45) is 7.25. The van der Waals surface area contributed by atoms with Crippen molar-refractivity contribution in [1.29, 1.82) is 0 Å². The number of allylic oxidation sites excluding steroid dienone is 4. The van der Waals surface area contributed by atoms with E-state index in [0.717, 1.165) is 23.4 Å². The highest BCUT2D eigenvalue weighted by Crippen LogP contribution is 2.17. The molecule has 0 atom stereocenters. The molecule has 0 aliphatic carbocycles. The van der Waals surface area contributed by atoms with Gasteiger partial charge in [0.15, 0.2) is 11.6 Å². The highest BCUT2D eigenvalue weighted by Gasteiger charge is 2.09. The van der Waals surface area contributed by atoms with Crippen molar-refractivity contribution >= 4 is 15.9 Å². The van der Waals surface area contributed by atoms with Gasteiger partial charge >= 0.3 is 0 Å². The average molecular weight is 568 g/mol. The summed E-state index contributed by atoms with van der Waals surface area (Å²) in [6.45, 7) is 16.8. The minimum absolute atomic E-state index is 0.936. The molecule has 4 aromatic rings. The van der Waals surface area contributed by atoms with Gasteiger partial charge in [-0.15, -0.1) is 0 Å². The summed E-state index contributed by atoms with van der Waals surface area (Å²) in [5, 5.41) is 9.94. The van der Waals surface area contributed by atoms with Crippen LogP contribution < -0.4 is 0 Å². The van der Waals surface area contributed by atoms with Crippen LogP contribution in [0.2, 0.25) is 0 Å². The second-order valence-electron chi connectivity index (χ2n) is 9.79. The van der Waals surface area contributed by atoms with Gasteiger partial charge in [0.2, 0.25) is 0 Å². The van der Waals surface area contributed by atoms with Gasteiger partial charge in [-0.25, -0.2) is 0 Å². The average Bonchev–Trinajstić information content (AvgIpc) is 3.56. The molecule has 0 unspecified atom stereocenters. The highest BCUT2D eigenvalue weighted by atomic mass is 79.9. The Kier molecular flexibility index (Phi) is 11.4. The van der Waals surface area contributed by atoms with Crippen molar-refractivity contribution in [3.63, 3.8) is 0 Å². The SMILES string of the molecule is CC(C)=CCBr.CC(C)=CCc1cc(-n2c(C)ccc2C)nn1C.Cc1ccc(C)n1-c1ccn(C)n1. The Labute approximate surface area is 231 Å². The molecule has 0 spiro atoms. The van der Waals surface area contributed by atoms with E-state index in [0.29, 0.717) is 0 Å². The molecule has 4 heterocycles. The van der Waals surface area contributed by atoms with Crippen molar-refractivity contribution in [3.05, 3.63) is 94.4 Å². The minimum Gasteiger partial charge on any atom is -0.302 e. The molecule has 37 heavy (non-hydrogen) atoms. The van der Waals surface area contributed by atoms with Crippen LogP contribution in [0.1, 0.15) is 56.2 Å². The van der Waals surface area contributed by atoms with Gasteiger partial charge in [-0.2, -0.15) is 10.2 Å². The lowest BCUT2D eigenvalue weighted by Gasteiger charge is -2.03. The predicted octanol–water partition coefficient (Wildman–Crippen LogP) is 7.51. The molecule has 0 amide bonds. The summed E-state index contributed by atoms with van der Waals surface area (Å²) in [4.78, 5) is 0. The maximum atomic E-state index is 4.60. The Morgan fingerprint density at radius 1 is 0.730 bits per heavy atom. The first kappa shape index (κ1) is 30.2. The topological polar surface area (TPSA) is 45.5 Å². The summed E-state index contributed by atoms with van der Waals surface area (Å²) in [6, 6.07) is 12.6. The number of nitrogens with zero attached hydrogens (tertiary/aromatic N) is 6. The molecule has 7 heteroatoms. The second kappa shape index (κ2) is 14.0. The molecule has 200 valence electrons. The van der Waals surface area contributed by atoms with Crippen LogP contribution in [0.25, 0.3) is 11.6 Å². The van der Waals surface area contributed by atoms with E-state index < -0.39 is 0 Å². The van der Waals surface area contributed by atoms with Crippen LogP contribution in [0.5, 0.6) is 0 Å². The second-order valence-corrected chi connectivity index (χ2v) is 10.4. The van der Waals surface area contributed by atoms with E-state index in [1.807, 2.05) is 35.7 Å². The summed E-state index contributed by atoms with van der Waals surface area (Å²) < 4.78 is 8.11. The lowest BCUT2D eigenvalue weighted by molar-refractivity contribution is 0.713. The van der Waals surface area contributed by atoms with E-state index in [9.17, 15) is 0 Å². The Bertz CT molecular complexity index is 1300. The Morgan fingerprint density at radius 3 is 1.59 bits per heavy atom. The van der Waals surface area contributed by atoms with Gasteiger partial charge in [-0.1, -0.05) is 39.2 Å². The van der Waals surface area contributed by atoms with E-state index in [-0.39, 0.29) is 0 Å². The van der Waals surface area contributed by atoms with Crippen molar-refractivity contribution in [3.8, 4) is 11.6 Å². The van der Waals surface area contributed by atoms with Crippen LogP contribution in [0.15, 0.2) is 65.9 Å². The smallest absolute Gasteiger partial charge is 0.159 e. The summed E-state index contributed by atoms with van der Waals surface area (Å²) in [7, 11) is 3.93. The maximum Gasteiger partial charge on any atom is 0.159 e. The van der Waals surface area contributed by atoms with Gasteiger partial charge in [0, 0.05) is 72.6 Å². The lowest BCUT2D eigenvalue weighted by Crippen LogP contribution is -2.01. The van der Waals surface area contributed by atoms with Crippen molar-refractivity contribution < 1.29 is 0 Å². The quantitative estimate of drug-likeness (QED) is 0.185. The van der Waals surface area contributed by atoms with Gasteiger partial charge in [-0.05, 0) is 79.7 Å². The van der Waals surface area contributed by atoms with Gasteiger partial charge in [0.1, 0.15) is 0 Å².